The average molecular weight is 269 g/mol. The molecule has 19 heavy (non-hydrogen) atoms. The molecule has 0 radical (unpaired) electrons. The first kappa shape index (κ1) is 13.9. The minimum atomic E-state index is -1.04. The number of hydrogen-bond donors (Lipinski definition) is 1. The first-order valence-corrected chi connectivity index (χ1v) is 6.29. The van der Waals surface area contributed by atoms with E-state index in [-0.39, 0.29) is 11.5 Å². The van der Waals surface area contributed by atoms with E-state index in [1.807, 2.05) is 0 Å². The lowest BCUT2D eigenvalue weighted by atomic mass is 9.86. The lowest BCUT2D eigenvalue weighted by molar-refractivity contribution is -0.0307. The third-order valence-electron chi connectivity index (χ3n) is 3.78. The quantitative estimate of drug-likeness (QED) is 0.850. The molecular weight excluding hydrogens is 252 g/mol. The van der Waals surface area contributed by atoms with Crippen LogP contribution < -0.4 is 0 Å². The number of likely N-dealkylation sites (tertiary alicyclic amines) is 1. The summed E-state index contributed by atoms with van der Waals surface area (Å²) >= 11 is 0. The monoisotopic (exact) mass is 269 g/mol. The molecule has 1 aromatic rings. The summed E-state index contributed by atoms with van der Waals surface area (Å²) < 4.78 is 26.1. The molecule has 0 saturated carbocycles. The van der Waals surface area contributed by atoms with Gasteiger partial charge < -0.3 is 10.0 Å². The van der Waals surface area contributed by atoms with E-state index in [2.05, 4.69) is 0 Å². The highest BCUT2D eigenvalue weighted by Gasteiger charge is 2.40. The molecule has 1 heterocycles. The smallest absolute Gasteiger partial charge is 0.254 e. The maximum Gasteiger partial charge on any atom is 0.254 e. The number of benzene rings is 1. The number of halogens is 2. The van der Waals surface area contributed by atoms with Gasteiger partial charge in [-0.1, -0.05) is 0 Å². The fraction of sp³-hybridized carbons (Fsp3) is 0.500. The van der Waals surface area contributed by atoms with Crippen LogP contribution in [0.25, 0.3) is 0 Å². The predicted molar refractivity (Wildman–Crippen MR) is 66.7 cm³/mol. The van der Waals surface area contributed by atoms with Crippen molar-refractivity contribution in [3.8, 4) is 0 Å². The first-order valence-electron chi connectivity index (χ1n) is 6.29. The fourth-order valence-electron chi connectivity index (χ4n) is 2.41. The molecule has 1 saturated heterocycles. The lowest BCUT2D eigenvalue weighted by Gasteiger charge is -2.45. The van der Waals surface area contributed by atoms with Gasteiger partial charge in [0.1, 0.15) is 0 Å². The molecule has 0 bridgehead atoms. The van der Waals surface area contributed by atoms with E-state index in [0.29, 0.717) is 19.4 Å². The second kappa shape index (κ2) is 4.89. The van der Waals surface area contributed by atoms with Crippen molar-refractivity contribution in [2.24, 2.45) is 0 Å². The molecule has 0 aromatic heterocycles. The summed E-state index contributed by atoms with van der Waals surface area (Å²) in [6, 6.07) is 3.10. The Balaban J connectivity index is 2.30. The number of nitrogens with zero attached hydrogens (tertiary/aromatic N) is 1. The van der Waals surface area contributed by atoms with Gasteiger partial charge in [-0.25, -0.2) is 8.78 Å². The molecule has 1 fully saturated rings. The van der Waals surface area contributed by atoms with Crippen LogP contribution >= 0.6 is 0 Å². The fourth-order valence-corrected chi connectivity index (χ4v) is 2.41. The highest BCUT2D eigenvalue weighted by atomic mass is 19.2. The van der Waals surface area contributed by atoms with Crippen molar-refractivity contribution in [1.82, 2.24) is 4.90 Å². The molecule has 0 spiro atoms. The number of piperidine rings is 1. The van der Waals surface area contributed by atoms with E-state index in [1.54, 1.807) is 13.8 Å². The van der Waals surface area contributed by atoms with Crippen LogP contribution in [0.1, 0.15) is 37.0 Å². The number of amides is 1. The van der Waals surface area contributed by atoms with Crippen LogP contribution in [-0.2, 0) is 0 Å². The lowest BCUT2D eigenvalue weighted by Crippen LogP contribution is -2.58. The minimum Gasteiger partial charge on any atom is -0.391 e. The maximum atomic E-state index is 13.2. The molecule has 2 rings (SSSR count). The molecular formula is C14H17F2NO2. The summed E-state index contributed by atoms with van der Waals surface area (Å²) in [6.07, 6.45) is 0.713. The van der Waals surface area contributed by atoms with Crippen LogP contribution in [0.5, 0.6) is 0 Å². The minimum absolute atomic E-state index is 0.0982. The molecule has 5 heteroatoms. The van der Waals surface area contributed by atoms with Crippen molar-refractivity contribution in [2.45, 2.75) is 38.3 Å². The van der Waals surface area contributed by atoms with Crippen LogP contribution in [0.15, 0.2) is 18.2 Å². The third-order valence-corrected chi connectivity index (χ3v) is 3.78. The normalized spacial score (nSPS) is 22.4. The van der Waals surface area contributed by atoms with Crippen molar-refractivity contribution < 1.29 is 18.7 Å². The zero-order valence-electron chi connectivity index (χ0n) is 11.0. The topological polar surface area (TPSA) is 40.5 Å². The van der Waals surface area contributed by atoms with Gasteiger partial charge in [-0.2, -0.15) is 0 Å². The zero-order valence-corrected chi connectivity index (χ0v) is 11.0. The van der Waals surface area contributed by atoms with Crippen molar-refractivity contribution in [3.05, 3.63) is 35.4 Å². The Labute approximate surface area is 110 Å². The molecule has 1 atom stereocenters. The summed E-state index contributed by atoms with van der Waals surface area (Å²) in [5, 5.41) is 9.97. The van der Waals surface area contributed by atoms with Gasteiger partial charge >= 0.3 is 0 Å². The van der Waals surface area contributed by atoms with E-state index >= 15 is 0 Å². The SMILES string of the molecule is CC1(C)C(O)CCCN1C(=O)c1ccc(F)c(F)c1. The average Bonchev–Trinajstić information content (AvgIpc) is 2.35. The summed E-state index contributed by atoms with van der Waals surface area (Å²) in [5.41, 5.74) is -0.610. The Morgan fingerprint density at radius 2 is 2.05 bits per heavy atom. The summed E-state index contributed by atoms with van der Waals surface area (Å²) in [4.78, 5) is 13.9. The van der Waals surface area contributed by atoms with Gasteiger partial charge in [0, 0.05) is 12.1 Å². The molecule has 1 aliphatic rings. The number of hydrogen-bond acceptors (Lipinski definition) is 2. The van der Waals surface area contributed by atoms with Crippen molar-refractivity contribution >= 4 is 5.91 Å². The first-order chi connectivity index (χ1) is 8.84. The Morgan fingerprint density at radius 1 is 1.37 bits per heavy atom. The Morgan fingerprint density at radius 3 is 2.68 bits per heavy atom. The highest BCUT2D eigenvalue weighted by Crippen LogP contribution is 2.29. The van der Waals surface area contributed by atoms with E-state index < -0.39 is 23.3 Å². The highest BCUT2D eigenvalue weighted by molar-refractivity contribution is 5.94. The van der Waals surface area contributed by atoms with E-state index in [4.69, 9.17) is 0 Å². The van der Waals surface area contributed by atoms with E-state index in [0.717, 1.165) is 12.1 Å². The van der Waals surface area contributed by atoms with Crippen LogP contribution in [-0.4, -0.2) is 34.1 Å². The second-order valence-corrected chi connectivity index (χ2v) is 5.40. The molecule has 1 aromatic carbocycles. The largest absolute Gasteiger partial charge is 0.391 e. The van der Waals surface area contributed by atoms with E-state index in [9.17, 15) is 18.7 Å². The number of rotatable bonds is 1. The van der Waals surface area contributed by atoms with Gasteiger partial charge in [-0.3, -0.25) is 4.79 Å². The molecule has 1 N–H and O–H groups in total. The van der Waals surface area contributed by atoms with Crippen molar-refractivity contribution in [1.29, 1.82) is 0 Å². The molecule has 0 aliphatic carbocycles. The molecule has 104 valence electrons. The van der Waals surface area contributed by atoms with Gasteiger partial charge in [0.2, 0.25) is 0 Å². The van der Waals surface area contributed by atoms with Crippen LogP contribution in [0.4, 0.5) is 8.78 Å². The van der Waals surface area contributed by atoms with Crippen molar-refractivity contribution in [3.63, 3.8) is 0 Å². The van der Waals surface area contributed by atoms with Gasteiger partial charge in [0.25, 0.3) is 5.91 Å². The summed E-state index contributed by atoms with van der Waals surface area (Å²) in [7, 11) is 0. The van der Waals surface area contributed by atoms with Gasteiger partial charge in [-0.05, 0) is 44.9 Å². The zero-order chi connectivity index (χ0) is 14.2. The second-order valence-electron chi connectivity index (χ2n) is 5.40. The number of aliphatic hydroxyl groups excluding tert-OH is 1. The molecule has 1 aliphatic heterocycles. The van der Waals surface area contributed by atoms with Crippen LogP contribution in [0.2, 0.25) is 0 Å². The molecule has 1 amide bonds. The Bertz CT molecular complexity index is 502. The van der Waals surface area contributed by atoms with Crippen LogP contribution in [0, 0.1) is 11.6 Å². The maximum absolute atomic E-state index is 13.2. The number of aliphatic hydroxyl groups is 1. The van der Waals surface area contributed by atoms with Gasteiger partial charge in [-0.15, -0.1) is 0 Å². The number of carbonyl (C=O) groups is 1. The standard InChI is InChI=1S/C14H17F2NO2/c1-14(2)12(18)4-3-7-17(14)13(19)9-5-6-10(15)11(16)8-9/h5-6,8,12,18H,3-4,7H2,1-2H3. The summed E-state index contributed by atoms with van der Waals surface area (Å²) in [6.45, 7) is 4.05. The molecule has 1 unspecified atom stereocenters. The van der Waals surface area contributed by atoms with Gasteiger partial charge in [0.05, 0.1) is 11.6 Å². The Kier molecular flexibility index (Phi) is 3.58. The van der Waals surface area contributed by atoms with Crippen LogP contribution in [0.3, 0.4) is 0 Å². The van der Waals surface area contributed by atoms with Crippen molar-refractivity contribution in [2.75, 3.05) is 6.54 Å². The van der Waals surface area contributed by atoms with Gasteiger partial charge in [0.15, 0.2) is 11.6 Å². The number of carbonyl (C=O) groups excluding carboxylic acids is 1. The van der Waals surface area contributed by atoms with E-state index in [1.165, 1.54) is 11.0 Å². The Hall–Kier alpha value is -1.49. The third kappa shape index (κ3) is 2.47. The predicted octanol–water partition coefficient (Wildman–Crippen LogP) is 2.34. The summed E-state index contributed by atoms with van der Waals surface area (Å²) in [5.74, 6) is -2.40. The molecule has 3 nitrogen and oxygen atoms in total.